The first kappa shape index (κ1) is 16.7. The summed E-state index contributed by atoms with van der Waals surface area (Å²) in [6, 6.07) is 10.2. The quantitative estimate of drug-likeness (QED) is 0.798. The second-order valence-corrected chi connectivity index (χ2v) is 6.96. The van der Waals surface area contributed by atoms with Gasteiger partial charge in [0.1, 0.15) is 5.76 Å². The lowest BCUT2D eigenvalue weighted by atomic mass is 9.84. The lowest BCUT2D eigenvalue weighted by Crippen LogP contribution is -2.39. The highest BCUT2D eigenvalue weighted by atomic mass is 16.5. The molecule has 128 valence electrons. The minimum atomic E-state index is -0.222. The fraction of sp³-hybridized carbons (Fsp3) is 0.500. The Labute approximate surface area is 143 Å². The second kappa shape index (κ2) is 7.20. The van der Waals surface area contributed by atoms with Crippen molar-refractivity contribution in [2.45, 2.75) is 52.5 Å². The third-order valence-corrected chi connectivity index (χ3v) is 5.12. The van der Waals surface area contributed by atoms with Crippen LogP contribution in [-0.2, 0) is 11.3 Å². The molecule has 1 aliphatic carbocycles. The second-order valence-electron chi connectivity index (χ2n) is 6.96. The highest BCUT2D eigenvalue weighted by molar-refractivity contribution is 5.83. The van der Waals surface area contributed by atoms with Crippen LogP contribution < -0.4 is 0 Å². The zero-order valence-corrected chi connectivity index (χ0v) is 14.8. The first-order chi connectivity index (χ1) is 11.6. The molecule has 0 radical (unpaired) electrons. The van der Waals surface area contributed by atoms with Gasteiger partial charge in [-0.05, 0) is 45.1 Å². The number of aromatic nitrogens is 1. The van der Waals surface area contributed by atoms with Gasteiger partial charge in [-0.2, -0.15) is 0 Å². The Morgan fingerprint density at radius 1 is 1.29 bits per heavy atom. The molecule has 0 saturated heterocycles. The Morgan fingerprint density at radius 2 is 2.00 bits per heavy atom. The number of hydrogen-bond donors (Lipinski definition) is 0. The number of carbonyl (C=O) groups excluding carboxylic acids is 1. The monoisotopic (exact) mass is 326 g/mol. The minimum absolute atomic E-state index is 0.167. The summed E-state index contributed by atoms with van der Waals surface area (Å²) >= 11 is 0. The predicted octanol–water partition coefficient (Wildman–Crippen LogP) is 4.22. The van der Waals surface area contributed by atoms with Gasteiger partial charge in [0, 0.05) is 18.7 Å². The largest absolute Gasteiger partial charge is 0.361 e. The summed E-state index contributed by atoms with van der Waals surface area (Å²) in [7, 11) is 0. The van der Waals surface area contributed by atoms with Crippen LogP contribution >= 0.6 is 0 Å². The molecule has 1 aromatic heterocycles. The van der Waals surface area contributed by atoms with E-state index in [-0.39, 0.29) is 11.8 Å². The molecule has 4 nitrogen and oxygen atoms in total. The zero-order chi connectivity index (χ0) is 17.1. The fourth-order valence-electron chi connectivity index (χ4n) is 3.53. The Balaban J connectivity index is 1.79. The third kappa shape index (κ3) is 3.53. The van der Waals surface area contributed by atoms with Gasteiger partial charge in [-0.3, -0.25) is 4.79 Å². The van der Waals surface area contributed by atoms with E-state index in [0.29, 0.717) is 12.5 Å². The fourth-order valence-corrected chi connectivity index (χ4v) is 3.53. The molecule has 3 rings (SSSR count). The molecular weight excluding hydrogens is 300 g/mol. The first-order valence-corrected chi connectivity index (χ1v) is 8.81. The number of carbonyl (C=O) groups is 1. The highest BCUT2D eigenvalue weighted by Crippen LogP contribution is 2.30. The van der Waals surface area contributed by atoms with Crippen molar-refractivity contribution in [2.24, 2.45) is 5.92 Å². The smallest absolute Gasteiger partial charge is 0.230 e. The van der Waals surface area contributed by atoms with E-state index in [9.17, 15) is 4.79 Å². The van der Waals surface area contributed by atoms with Crippen LogP contribution in [0.4, 0.5) is 0 Å². The Morgan fingerprint density at radius 3 is 2.54 bits per heavy atom. The molecule has 1 atom stereocenters. The van der Waals surface area contributed by atoms with E-state index in [1.807, 2.05) is 43.9 Å². The maximum absolute atomic E-state index is 13.2. The standard InChI is InChI=1S/C20H26N2O2/c1-14(19-15(2)21-24-16(19)3)20(23)22(13-18-10-7-11-18)12-17-8-5-4-6-9-17/h4-6,8-9,14,18H,7,10-13H2,1-3H3. The summed E-state index contributed by atoms with van der Waals surface area (Å²) in [5.41, 5.74) is 2.93. The summed E-state index contributed by atoms with van der Waals surface area (Å²) in [5.74, 6) is 1.34. The number of nitrogens with zero attached hydrogens (tertiary/aromatic N) is 2. The number of aryl methyl sites for hydroxylation is 2. The molecule has 1 fully saturated rings. The molecule has 1 saturated carbocycles. The van der Waals surface area contributed by atoms with Gasteiger partial charge >= 0.3 is 0 Å². The molecule has 0 aliphatic heterocycles. The predicted molar refractivity (Wildman–Crippen MR) is 93.6 cm³/mol. The van der Waals surface area contributed by atoms with Crippen molar-refractivity contribution in [1.82, 2.24) is 10.1 Å². The number of rotatable bonds is 6. The van der Waals surface area contributed by atoms with Gasteiger partial charge in [0.25, 0.3) is 0 Å². The molecule has 1 amide bonds. The van der Waals surface area contributed by atoms with E-state index in [2.05, 4.69) is 17.3 Å². The molecular formula is C20H26N2O2. The van der Waals surface area contributed by atoms with E-state index in [1.54, 1.807) is 0 Å². The van der Waals surface area contributed by atoms with Crippen LogP contribution in [-0.4, -0.2) is 22.5 Å². The van der Waals surface area contributed by atoms with Gasteiger partial charge in [-0.25, -0.2) is 0 Å². The van der Waals surface area contributed by atoms with Crippen molar-refractivity contribution in [2.75, 3.05) is 6.54 Å². The lowest BCUT2D eigenvalue weighted by Gasteiger charge is -2.34. The molecule has 0 bridgehead atoms. The topological polar surface area (TPSA) is 46.3 Å². The minimum Gasteiger partial charge on any atom is -0.361 e. The van der Waals surface area contributed by atoms with Gasteiger partial charge in [-0.15, -0.1) is 0 Å². The maximum atomic E-state index is 13.2. The van der Waals surface area contributed by atoms with E-state index < -0.39 is 0 Å². The molecule has 1 unspecified atom stereocenters. The summed E-state index contributed by atoms with van der Waals surface area (Å²) in [6.07, 6.45) is 3.76. The van der Waals surface area contributed by atoms with Gasteiger partial charge < -0.3 is 9.42 Å². The van der Waals surface area contributed by atoms with E-state index in [0.717, 1.165) is 23.6 Å². The van der Waals surface area contributed by atoms with Crippen molar-refractivity contribution in [1.29, 1.82) is 0 Å². The molecule has 4 heteroatoms. The van der Waals surface area contributed by atoms with Crippen LogP contribution in [0.5, 0.6) is 0 Å². The van der Waals surface area contributed by atoms with Gasteiger partial charge in [0.2, 0.25) is 5.91 Å². The number of hydrogen-bond acceptors (Lipinski definition) is 3. The number of amides is 1. The summed E-state index contributed by atoms with van der Waals surface area (Å²) in [6.45, 7) is 7.27. The van der Waals surface area contributed by atoms with E-state index in [1.165, 1.54) is 24.8 Å². The van der Waals surface area contributed by atoms with Gasteiger partial charge in [0.15, 0.2) is 0 Å². The molecule has 0 N–H and O–H groups in total. The number of benzene rings is 1. The van der Waals surface area contributed by atoms with E-state index in [4.69, 9.17) is 4.52 Å². The molecule has 1 aliphatic rings. The molecule has 1 heterocycles. The maximum Gasteiger partial charge on any atom is 0.230 e. The molecule has 24 heavy (non-hydrogen) atoms. The van der Waals surface area contributed by atoms with Crippen molar-refractivity contribution >= 4 is 5.91 Å². The van der Waals surface area contributed by atoms with Crippen molar-refractivity contribution in [3.63, 3.8) is 0 Å². The lowest BCUT2D eigenvalue weighted by molar-refractivity contribution is -0.134. The Bertz CT molecular complexity index is 669. The summed E-state index contributed by atoms with van der Waals surface area (Å²) < 4.78 is 5.26. The van der Waals surface area contributed by atoms with Crippen molar-refractivity contribution in [3.05, 3.63) is 52.9 Å². The van der Waals surface area contributed by atoms with Crippen molar-refractivity contribution in [3.8, 4) is 0 Å². The third-order valence-electron chi connectivity index (χ3n) is 5.12. The average molecular weight is 326 g/mol. The van der Waals surface area contributed by atoms with Crippen LogP contribution in [0.15, 0.2) is 34.9 Å². The summed E-state index contributed by atoms with van der Waals surface area (Å²) in [5, 5.41) is 4.01. The van der Waals surface area contributed by atoms with Gasteiger partial charge in [-0.1, -0.05) is 41.9 Å². The SMILES string of the molecule is Cc1noc(C)c1C(C)C(=O)N(Cc1ccccc1)CC1CCC1. The zero-order valence-electron chi connectivity index (χ0n) is 14.8. The van der Waals surface area contributed by atoms with E-state index >= 15 is 0 Å². The highest BCUT2D eigenvalue weighted by Gasteiger charge is 2.30. The molecule has 1 aromatic carbocycles. The first-order valence-electron chi connectivity index (χ1n) is 8.81. The molecule has 2 aromatic rings. The van der Waals surface area contributed by atoms with Gasteiger partial charge in [0.05, 0.1) is 11.6 Å². The average Bonchev–Trinajstić information content (AvgIpc) is 2.88. The van der Waals surface area contributed by atoms with Crippen LogP contribution in [0, 0.1) is 19.8 Å². The Kier molecular flexibility index (Phi) is 5.03. The van der Waals surface area contributed by atoms with Crippen LogP contribution in [0.2, 0.25) is 0 Å². The normalized spacial score (nSPS) is 15.8. The summed E-state index contributed by atoms with van der Waals surface area (Å²) in [4.78, 5) is 15.2. The van der Waals surface area contributed by atoms with Crippen LogP contribution in [0.3, 0.4) is 0 Å². The van der Waals surface area contributed by atoms with Crippen LogP contribution in [0.25, 0.3) is 0 Å². The van der Waals surface area contributed by atoms with Crippen LogP contribution in [0.1, 0.15) is 54.7 Å². The Hall–Kier alpha value is -2.10. The molecule has 0 spiro atoms. The van der Waals surface area contributed by atoms with Crippen molar-refractivity contribution < 1.29 is 9.32 Å².